The lowest BCUT2D eigenvalue weighted by atomic mass is 9.87. The molecule has 0 saturated heterocycles. The first-order chi connectivity index (χ1) is 15.2. The van der Waals surface area contributed by atoms with Crippen molar-refractivity contribution in [2.45, 2.75) is 0 Å². The number of carbonyl (C=O) groups excluding carboxylic acids is 2. The van der Waals surface area contributed by atoms with Gasteiger partial charge in [0.2, 0.25) is 0 Å². The number of rotatable bonds is 0. The van der Waals surface area contributed by atoms with Crippen molar-refractivity contribution >= 4 is 130 Å². The van der Waals surface area contributed by atoms with Crippen LogP contribution in [0.3, 0.4) is 0 Å². The summed E-state index contributed by atoms with van der Waals surface area (Å²) in [5, 5.41) is 8.17. The highest BCUT2D eigenvalue weighted by Crippen LogP contribution is 2.56. The molecule has 5 aromatic rings. The van der Waals surface area contributed by atoms with Crippen LogP contribution in [0.5, 0.6) is 0 Å². The highest BCUT2D eigenvalue weighted by molar-refractivity contribution is 9.11. The second-order valence-corrected chi connectivity index (χ2v) is 11.7. The van der Waals surface area contributed by atoms with Crippen molar-refractivity contribution < 1.29 is 9.59 Å². The molecule has 0 aromatic heterocycles. The van der Waals surface area contributed by atoms with E-state index in [9.17, 15) is 9.59 Å². The second-order valence-electron chi connectivity index (χ2n) is 8.30. The smallest absolute Gasteiger partial charge is 0.258 e. The fourth-order valence-corrected chi connectivity index (χ4v) is 8.25. The van der Waals surface area contributed by atoms with Crippen LogP contribution in [0.2, 0.25) is 0 Å². The van der Waals surface area contributed by atoms with Crippen LogP contribution in [-0.4, -0.2) is 25.9 Å². The molecule has 32 heavy (non-hydrogen) atoms. The second kappa shape index (κ2) is 6.03. The summed E-state index contributed by atoms with van der Waals surface area (Å²) in [5.74, 6) is -0.0331. The average Bonchev–Trinajstić information content (AvgIpc) is 3.15. The summed E-state index contributed by atoms with van der Waals surface area (Å²) in [6.45, 7) is 0. The van der Waals surface area contributed by atoms with E-state index in [2.05, 4.69) is 75.9 Å². The van der Waals surface area contributed by atoms with E-state index < -0.39 is 0 Å². The number of hydrogen-bond donors (Lipinski definition) is 0. The zero-order valence-corrected chi connectivity index (χ0v) is 22.9. The van der Waals surface area contributed by atoms with Crippen molar-refractivity contribution in [3.8, 4) is 0 Å². The molecule has 0 atom stereocenters. The molecule has 5 aromatic carbocycles. The predicted molar refractivity (Wildman–Crippen MR) is 144 cm³/mol. The van der Waals surface area contributed by atoms with E-state index >= 15 is 0 Å². The van der Waals surface area contributed by atoms with Crippen molar-refractivity contribution in [2.24, 2.45) is 0 Å². The van der Waals surface area contributed by atoms with Crippen LogP contribution in [0.15, 0.2) is 42.2 Å². The van der Waals surface area contributed by atoms with Crippen LogP contribution in [0, 0.1) is 0 Å². The highest BCUT2D eigenvalue weighted by atomic mass is 79.9. The first-order valence-electron chi connectivity index (χ1n) is 9.76. The fraction of sp³-hybridized carbons (Fsp3) is 0.0833. The monoisotopic (exact) mass is 674 g/mol. The molecule has 0 N–H and O–H groups in total. The van der Waals surface area contributed by atoms with Crippen molar-refractivity contribution in [3.05, 3.63) is 53.3 Å². The minimum atomic E-state index is -0.0166. The summed E-state index contributed by atoms with van der Waals surface area (Å²) in [6, 6.07) is 8.05. The highest BCUT2D eigenvalue weighted by Gasteiger charge is 2.36. The Kier molecular flexibility index (Phi) is 3.71. The topological polar surface area (TPSA) is 40.6 Å². The number of benzene rings is 5. The van der Waals surface area contributed by atoms with E-state index in [1.807, 2.05) is 26.2 Å². The van der Waals surface area contributed by atoms with Gasteiger partial charge in [-0.3, -0.25) is 9.59 Å². The van der Waals surface area contributed by atoms with Crippen LogP contribution < -0.4 is 9.80 Å². The molecule has 0 radical (unpaired) electrons. The Morgan fingerprint density at radius 1 is 0.531 bits per heavy atom. The first kappa shape index (κ1) is 19.7. The molecule has 0 spiro atoms. The van der Waals surface area contributed by atoms with Crippen molar-refractivity contribution in [3.63, 3.8) is 0 Å². The summed E-state index contributed by atoms with van der Waals surface area (Å²) in [7, 11) is 3.62. The molecule has 0 unspecified atom stereocenters. The lowest BCUT2D eigenvalue weighted by molar-refractivity contribution is 0.0991. The summed E-state index contributed by atoms with van der Waals surface area (Å²) in [4.78, 5) is 29.5. The minimum absolute atomic E-state index is 0.0166. The standard InChI is InChI=1S/C24H10Br4N2O2/c1-29-21-13(27)3-7-16-12(26)6-10-20-18(16)8(4-14(28)22(20)30(2)24(10)32)15-11(25)5-9(23(29)31)19(21)17(7)15/h3-6H,1-2H3. The first-order valence-corrected chi connectivity index (χ1v) is 12.9. The molecule has 2 aliphatic heterocycles. The van der Waals surface area contributed by atoms with Crippen LogP contribution in [0.1, 0.15) is 20.7 Å². The SMILES string of the molecule is CN1C(=O)c2cc(Br)c3c4cc(Br)c5c6c(cc(Br)c(c7cc(Br)c1c2c73)c64)C(=O)N5C. The number of amides is 2. The number of halogens is 4. The number of nitrogens with zero attached hydrogens (tertiary/aromatic N) is 2. The van der Waals surface area contributed by atoms with Gasteiger partial charge < -0.3 is 9.80 Å². The normalized spacial score (nSPS) is 15.2. The Morgan fingerprint density at radius 2 is 0.906 bits per heavy atom. The van der Waals surface area contributed by atoms with E-state index in [1.54, 1.807) is 9.80 Å². The zero-order chi connectivity index (χ0) is 22.4. The van der Waals surface area contributed by atoms with Gasteiger partial charge in [-0.25, -0.2) is 0 Å². The van der Waals surface area contributed by atoms with E-state index in [0.29, 0.717) is 11.1 Å². The molecule has 4 nitrogen and oxygen atoms in total. The maximum atomic E-state index is 13.1. The predicted octanol–water partition coefficient (Wildman–Crippen LogP) is 7.97. The molecule has 0 saturated carbocycles. The quantitative estimate of drug-likeness (QED) is 0.123. The maximum absolute atomic E-state index is 13.1. The van der Waals surface area contributed by atoms with Crippen LogP contribution in [0.25, 0.3) is 43.1 Å². The van der Waals surface area contributed by atoms with Gasteiger partial charge in [0.25, 0.3) is 11.8 Å². The number of carbonyl (C=O) groups is 2. The molecule has 0 bridgehead atoms. The molecule has 0 aliphatic carbocycles. The third kappa shape index (κ3) is 2.01. The largest absolute Gasteiger partial charge is 0.310 e. The molecule has 2 heterocycles. The van der Waals surface area contributed by atoms with E-state index in [4.69, 9.17) is 0 Å². The molecule has 156 valence electrons. The van der Waals surface area contributed by atoms with Gasteiger partial charge in [-0.05, 0) is 66.9 Å². The lowest BCUT2D eigenvalue weighted by Crippen LogP contribution is -2.21. The van der Waals surface area contributed by atoms with Gasteiger partial charge in [0.15, 0.2) is 0 Å². The molecule has 8 heteroatoms. The molecule has 7 rings (SSSR count). The van der Waals surface area contributed by atoms with E-state index in [0.717, 1.165) is 72.4 Å². The number of anilines is 2. The minimum Gasteiger partial charge on any atom is -0.310 e. The third-order valence-electron chi connectivity index (χ3n) is 6.84. The summed E-state index contributed by atoms with van der Waals surface area (Å²) in [6.07, 6.45) is 0. The average molecular weight is 678 g/mol. The summed E-state index contributed by atoms with van der Waals surface area (Å²) in [5.41, 5.74) is 3.16. The molecule has 2 amide bonds. The van der Waals surface area contributed by atoms with Crippen molar-refractivity contribution in [1.82, 2.24) is 0 Å². The zero-order valence-electron chi connectivity index (χ0n) is 16.5. The van der Waals surface area contributed by atoms with Gasteiger partial charge >= 0.3 is 0 Å². The summed E-state index contributed by atoms with van der Waals surface area (Å²) >= 11 is 15.0. The Balaban J connectivity index is 1.91. The van der Waals surface area contributed by atoms with E-state index in [-0.39, 0.29) is 11.8 Å². The summed E-state index contributed by atoms with van der Waals surface area (Å²) < 4.78 is 3.47. The van der Waals surface area contributed by atoms with Crippen molar-refractivity contribution in [2.75, 3.05) is 23.9 Å². The molecule has 2 aliphatic rings. The Labute approximate surface area is 215 Å². The van der Waals surface area contributed by atoms with Gasteiger partial charge in [-0.1, -0.05) is 31.9 Å². The van der Waals surface area contributed by atoms with Crippen molar-refractivity contribution in [1.29, 1.82) is 0 Å². The van der Waals surface area contributed by atoms with Gasteiger partial charge in [0.05, 0.1) is 22.5 Å². The van der Waals surface area contributed by atoms with Gasteiger partial charge in [-0.2, -0.15) is 0 Å². The Hall–Kier alpha value is -1.74. The van der Waals surface area contributed by atoms with Gasteiger partial charge in [-0.15, -0.1) is 0 Å². The fourth-order valence-electron chi connectivity index (χ4n) is 5.58. The maximum Gasteiger partial charge on any atom is 0.258 e. The molecule has 0 fully saturated rings. The number of hydrogen-bond acceptors (Lipinski definition) is 2. The number of fused-ring (bicyclic) bond motifs is 2. The molecular weight excluding hydrogens is 668 g/mol. The molecular formula is C24H10Br4N2O2. The third-order valence-corrected chi connectivity index (χ3v) is 9.30. The van der Waals surface area contributed by atoms with Gasteiger partial charge in [0, 0.05) is 64.3 Å². The van der Waals surface area contributed by atoms with Crippen LogP contribution in [0.4, 0.5) is 11.4 Å². The van der Waals surface area contributed by atoms with Crippen LogP contribution >= 0.6 is 63.7 Å². The Morgan fingerprint density at radius 3 is 1.28 bits per heavy atom. The lowest BCUT2D eigenvalue weighted by Gasteiger charge is -2.20. The van der Waals surface area contributed by atoms with E-state index in [1.165, 1.54) is 0 Å². The van der Waals surface area contributed by atoms with Crippen LogP contribution in [-0.2, 0) is 0 Å². The van der Waals surface area contributed by atoms with Gasteiger partial charge in [0.1, 0.15) is 0 Å². The Bertz CT molecular complexity index is 1660.